The van der Waals surface area contributed by atoms with Crippen LogP contribution >= 0.6 is 15.9 Å². The van der Waals surface area contributed by atoms with Crippen molar-refractivity contribution in [1.82, 2.24) is 19.9 Å². The van der Waals surface area contributed by atoms with Crippen molar-refractivity contribution in [3.63, 3.8) is 0 Å². The molecular weight excluding hydrogens is 457 g/mol. The Kier molecular flexibility index (Phi) is 6.36. The van der Waals surface area contributed by atoms with Crippen LogP contribution in [0.4, 0.5) is 10.1 Å². The molecule has 0 fully saturated rings. The van der Waals surface area contributed by atoms with Crippen LogP contribution in [0.25, 0.3) is 5.69 Å². The van der Waals surface area contributed by atoms with E-state index in [2.05, 4.69) is 32.8 Å². The number of hydrogen-bond acceptors (Lipinski definition) is 5. The SMILES string of the molecule is C=CCN(Cc1cc(Br)ccc1F)C(=O)c1nnn(-c2cccc([N+](=O)[O-])c2)c1C. The molecule has 10 heteroatoms. The number of amides is 1. The first-order chi connectivity index (χ1) is 14.3. The Bertz CT molecular complexity index is 1130. The third kappa shape index (κ3) is 4.43. The maximum absolute atomic E-state index is 14.2. The highest BCUT2D eigenvalue weighted by Gasteiger charge is 2.24. The number of non-ortho nitro benzene ring substituents is 1. The number of rotatable bonds is 7. The summed E-state index contributed by atoms with van der Waals surface area (Å²) >= 11 is 3.30. The van der Waals surface area contributed by atoms with Crippen molar-refractivity contribution >= 4 is 27.5 Å². The zero-order chi connectivity index (χ0) is 21.8. The molecule has 3 rings (SSSR count). The molecule has 1 aromatic heterocycles. The second-order valence-electron chi connectivity index (χ2n) is 6.42. The van der Waals surface area contributed by atoms with E-state index in [0.29, 0.717) is 21.4 Å². The molecule has 0 saturated carbocycles. The Hall–Kier alpha value is -3.40. The minimum Gasteiger partial charge on any atom is -0.329 e. The van der Waals surface area contributed by atoms with E-state index in [1.54, 1.807) is 25.1 Å². The predicted octanol–water partition coefficient (Wildman–Crippen LogP) is 4.21. The summed E-state index contributed by atoms with van der Waals surface area (Å²) < 4.78 is 16.2. The summed E-state index contributed by atoms with van der Waals surface area (Å²) in [6.45, 7) is 5.48. The van der Waals surface area contributed by atoms with Crippen LogP contribution in [0.1, 0.15) is 21.7 Å². The first kappa shape index (κ1) is 21.3. The number of carbonyl (C=O) groups is 1. The van der Waals surface area contributed by atoms with Gasteiger partial charge in [-0.1, -0.05) is 33.3 Å². The van der Waals surface area contributed by atoms with Crippen molar-refractivity contribution in [3.8, 4) is 5.69 Å². The highest BCUT2D eigenvalue weighted by molar-refractivity contribution is 9.10. The molecule has 0 bridgehead atoms. The summed E-state index contributed by atoms with van der Waals surface area (Å²) in [5.41, 5.74) is 1.11. The van der Waals surface area contributed by atoms with Crippen LogP contribution in [0.15, 0.2) is 59.6 Å². The van der Waals surface area contributed by atoms with Crippen molar-refractivity contribution in [2.75, 3.05) is 6.54 Å². The highest BCUT2D eigenvalue weighted by atomic mass is 79.9. The van der Waals surface area contributed by atoms with E-state index in [4.69, 9.17) is 0 Å². The second kappa shape index (κ2) is 8.95. The number of nitro benzene ring substituents is 1. The molecule has 0 aliphatic carbocycles. The average Bonchev–Trinajstić information content (AvgIpc) is 3.11. The van der Waals surface area contributed by atoms with Crippen LogP contribution in [0.5, 0.6) is 0 Å². The van der Waals surface area contributed by atoms with Crippen LogP contribution in [0.2, 0.25) is 0 Å². The Balaban J connectivity index is 1.93. The van der Waals surface area contributed by atoms with Crippen molar-refractivity contribution in [2.45, 2.75) is 13.5 Å². The van der Waals surface area contributed by atoms with Crippen LogP contribution in [0, 0.1) is 22.9 Å². The average molecular weight is 474 g/mol. The van der Waals surface area contributed by atoms with Gasteiger partial charge >= 0.3 is 0 Å². The van der Waals surface area contributed by atoms with E-state index in [1.165, 1.54) is 39.9 Å². The molecule has 0 radical (unpaired) electrons. The van der Waals surface area contributed by atoms with Crippen molar-refractivity contribution in [3.05, 3.63) is 92.5 Å². The molecule has 0 N–H and O–H groups in total. The second-order valence-corrected chi connectivity index (χ2v) is 7.34. The highest BCUT2D eigenvalue weighted by Crippen LogP contribution is 2.21. The van der Waals surface area contributed by atoms with Gasteiger partial charge in [-0.2, -0.15) is 0 Å². The molecule has 0 aliphatic rings. The molecule has 0 spiro atoms. The van der Waals surface area contributed by atoms with Crippen molar-refractivity contribution in [2.24, 2.45) is 0 Å². The molecular formula is C20H17BrFN5O3. The molecule has 0 unspecified atom stereocenters. The van der Waals surface area contributed by atoms with Gasteiger partial charge in [-0.05, 0) is 31.2 Å². The number of aromatic nitrogens is 3. The molecule has 1 heterocycles. The summed E-state index contributed by atoms with van der Waals surface area (Å²) in [5, 5.41) is 19.0. The van der Waals surface area contributed by atoms with Gasteiger partial charge in [0.1, 0.15) is 5.82 Å². The topological polar surface area (TPSA) is 94.2 Å². The lowest BCUT2D eigenvalue weighted by Gasteiger charge is -2.21. The van der Waals surface area contributed by atoms with Crippen LogP contribution in [-0.4, -0.2) is 37.3 Å². The number of carbonyl (C=O) groups excluding carboxylic acids is 1. The van der Waals surface area contributed by atoms with E-state index in [-0.39, 0.29) is 24.5 Å². The largest absolute Gasteiger partial charge is 0.329 e. The molecule has 0 atom stereocenters. The molecule has 0 saturated heterocycles. The quantitative estimate of drug-likeness (QED) is 0.291. The van der Waals surface area contributed by atoms with E-state index < -0.39 is 16.6 Å². The number of nitrogens with zero attached hydrogens (tertiary/aromatic N) is 5. The van der Waals surface area contributed by atoms with Gasteiger partial charge in [0.05, 0.1) is 16.3 Å². The summed E-state index contributed by atoms with van der Waals surface area (Å²) in [7, 11) is 0. The maximum atomic E-state index is 14.2. The Morgan fingerprint density at radius 1 is 1.37 bits per heavy atom. The van der Waals surface area contributed by atoms with Gasteiger partial charge in [-0.3, -0.25) is 14.9 Å². The monoisotopic (exact) mass is 473 g/mol. The van der Waals surface area contributed by atoms with Gasteiger partial charge < -0.3 is 4.90 Å². The molecule has 154 valence electrons. The van der Waals surface area contributed by atoms with Gasteiger partial charge in [0, 0.05) is 35.3 Å². The van der Waals surface area contributed by atoms with E-state index >= 15 is 0 Å². The molecule has 0 aliphatic heterocycles. The zero-order valence-corrected chi connectivity index (χ0v) is 17.5. The third-order valence-electron chi connectivity index (χ3n) is 4.39. The lowest BCUT2D eigenvalue weighted by molar-refractivity contribution is -0.384. The maximum Gasteiger partial charge on any atom is 0.276 e. The standard InChI is InChI=1S/C20H17BrFN5O3/c1-3-9-25(12-14-10-15(21)7-8-18(14)22)20(28)19-13(2)26(24-23-19)16-5-4-6-17(11-16)27(29)30/h3-8,10-11H,1,9,12H2,2H3. The number of hydrogen-bond donors (Lipinski definition) is 0. The fourth-order valence-electron chi connectivity index (χ4n) is 2.91. The van der Waals surface area contributed by atoms with Gasteiger partial charge in [-0.15, -0.1) is 11.7 Å². The van der Waals surface area contributed by atoms with Gasteiger partial charge in [-0.25, -0.2) is 9.07 Å². The van der Waals surface area contributed by atoms with Crippen LogP contribution < -0.4 is 0 Å². The molecule has 30 heavy (non-hydrogen) atoms. The third-order valence-corrected chi connectivity index (χ3v) is 4.88. The van der Waals surface area contributed by atoms with E-state index in [9.17, 15) is 19.3 Å². The number of halogens is 2. The number of nitro groups is 1. The zero-order valence-electron chi connectivity index (χ0n) is 16.0. The van der Waals surface area contributed by atoms with Crippen LogP contribution in [-0.2, 0) is 6.54 Å². The lowest BCUT2D eigenvalue weighted by atomic mass is 10.2. The Morgan fingerprint density at radius 3 is 2.83 bits per heavy atom. The Labute approximate surface area is 179 Å². The van der Waals surface area contributed by atoms with Crippen molar-refractivity contribution in [1.29, 1.82) is 0 Å². The summed E-state index contributed by atoms with van der Waals surface area (Å²) in [6, 6.07) is 10.4. The van der Waals surface area contributed by atoms with Gasteiger partial charge in [0.15, 0.2) is 5.69 Å². The van der Waals surface area contributed by atoms with Gasteiger partial charge in [0.2, 0.25) is 0 Å². The fraction of sp³-hybridized carbons (Fsp3) is 0.150. The summed E-state index contributed by atoms with van der Waals surface area (Å²) in [5.74, 6) is -0.888. The normalized spacial score (nSPS) is 10.6. The molecule has 1 amide bonds. The first-order valence-corrected chi connectivity index (χ1v) is 9.62. The van der Waals surface area contributed by atoms with Gasteiger partial charge in [0.25, 0.3) is 11.6 Å². The minimum atomic E-state index is -0.514. The van der Waals surface area contributed by atoms with E-state index in [0.717, 1.165) is 0 Å². The van der Waals surface area contributed by atoms with Crippen LogP contribution in [0.3, 0.4) is 0 Å². The molecule has 3 aromatic rings. The smallest absolute Gasteiger partial charge is 0.276 e. The van der Waals surface area contributed by atoms with Crippen molar-refractivity contribution < 1.29 is 14.1 Å². The Morgan fingerprint density at radius 2 is 2.13 bits per heavy atom. The number of benzene rings is 2. The summed E-state index contributed by atoms with van der Waals surface area (Å²) in [4.78, 5) is 25.0. The first-order valence-electron chi connectivity index (χ1n) is 8.83. The summed E-state index contributed by atoms with van der Waals surface area (Å²) in [6.07, 6.45) is 1.54. The fourth-order valence-corrected chi connectivity index (χ4v) is 3.31. The minimum absolute atomic E-state index is 0.0131. The molecule has 2 aromatic carbocycles. The lowest BCUT2D eigenvalue weighted by Crippen LogP contribution is -2.32. The predicted molar refractivity (Wildman–Crippen MR) is 112 cm³/mol. The molecule has 8 nitrogen and oxygen atoms in total. The van der Waals surface area contributed by atoms with E-state index in [1.807, 2.05) is 0 Å².